The van der Waals surface area contributed by atoms with Crippen molar-refractivity contribution in [3.8, 4) is 0 Å². The second-order valence-corrected chi connectivity index (χ2v) is 6.53. The fourth-order valence-corrected chi connectivity index (χ4v) is 3.51. The minimum Gasteiger partial charge on any atom is -0.340 e. The summed E-state index contributed by atoms with van der Waals surface area (Å²) in [6, 6.07) is 5.23. The second kappa shape index (κ2) is 5.04. The molecule has 1 aromatic heterocycles. The normalized spacial score (nSPS) is 26.7. The molecule has 0 spiro atoms. The number of hydrogen-bond acceptors (Lipinski definition) is 4. The fraction of sp³-hybridized carbons (Fsp3) is 0.500. The summed E-state index contributed by atoms with van der Waals surface area (Å²) in [5, 5.41) is 10.8. The van der Waals surface area contributed by atoms with Gasteiger partial charge in [-0.05, 0) is 37.5 Å². The van der Waals surface area contributed by atoms with Gasteiger partial charge >= 0.3 is 0 Å². The summed E-state index contributed by atoms with van der Waals surface area (Å²) in [4.78, 5) is 32.7. The molecule has 0 bridgehead atoms. The third-order valence-corrected chi connectivity index (χ3v) is 4.85. The molecule has 2 aromatic rings. The van der Waals surface area contributed by atoms with Crippen LogP contribution in [0.3, 0.4) is 0 Å². The Balaban J connectivity index is 1.59. The Bertz CT molecular complexity index is 800. The van der Waals surface area contributed by atoms with Crippen molar-refractivity contribution in [1.82, 2.24) is 14.9 Å². The molecule has 1 saturated carbocycles. The Kier molecular flexibility index (Phi) is 3.11. The molecular formula is C16H18N4O3. The van der Waals surface area contributed by atoms with Crippen LogP contribution >= 0.6 is 0 Å². The van der Waals surface area contributed by atoms with Crippen LogP contribution in [0.1, 0.15) is 36.7 Å². The summed E-state index contributed by atoms with van der Waals surface area (Å²) in [7, 11) is 0. The summed E-state index contributed by atoms with van der Waals surface area (Å²) >= 11 is 0. The Hall–Kier alpha value is -2.44. The van der Waals surface area contributed by atoms with Gasteiger partial charge in [-0.2, -0.15) is 0 Å². The topological polar surface area (TPSA) is 92.1 Å². The molecule has 7 heteroatoms. The molecule has 120 valence electrons. The first kappa shape index (κ1) is 14.2. The van der Waals surface area contributed by atoms with Gasteiger partial charge in [-0.25, -0.2) is 4.98 Å². The SMILES string of the molecule is Cc1ccc2nc([C@@H]3CCCN3C(=O)[C@H]3C[C@H]3[N+](=O)[O-])[nH]c2c1. The highest BCUT2D eigenvalue weighted by Crippen LogP contribution is 2.40. The molecule has 1 N–H and O–H groups in total. The largest absolute Gasteiger partial charge is 0.340 e. The fourth-order valence-electron chi connectivity index (χ4n) is 3.51. The lowest BCUT2D eigenvalue weighted by molar-refractivity contribution is -0.497. The van der Waals surface area contributed by atoms with E-state index < -0.39 is 12.0 Å². The minimum absolute atomic E-state index is 0.0918. The smallest absolute Gasteiger partial charge is 0.233 e. The van der Waals surface area contributed by atoms with Crippen molar-refractivity contribution in [2.24, 2.45) is 5.92 Å². The molecule has 2 heterocycles. The van der Waals surface area contributed by atoms with E-state index in [2.05, 4.69) is 9.97 Å². The molecule has 0 unspecified atom stereocenters. The van der Waals surface area contributed by atoms with Crippen LogP contribution in [0, 0.1) is 23.0 Å². The molecule has 3 atom stereocenters. The molecule has 23 heavy (non-hydrogen) atoms. The molecule has 4 rings (SSSR count). The van der Waals surface area contributed by atoms with Gasteiger partial charge in [-0.15, -0.1) is 0 Å². The summed E-state index contributed by atoms with van der Waals surface area (Å²) < 4.78 is 0. The molecule has 1 saturated heterocycles. The number of nitro groups is 1. The van der Waals surface area contributed by atoms with E-state index in [0.717, 1.165) is 35.3 Å². The lowest BCUT2D eigenvalue weighted by Crippen LogP contribution is -2.33. The van der Waals surface area contributed by atoms with Gasteiger partial charge in [0.05, 0.1) is 17.1 Å². The standard InChI is InChI=1S/C16H18N4O3/c1-9-4-5-11-12(7-9)18-15(17-11)13-3-2-6-19(13)16(21)10-8-14(10)20(22)23/h4-5,7,10,13-14H,2-3,6,8H2,1H3,(H,17,18)/t10-,13-,14+/m0/s1. The van der Waals surface area contributed by atoms with Crippen molar-refractivity contribution >= 4 is 16.9 Å². The number of rotatable bonds is 3. The van der Waals surface area contributed by atoms with E-state index in [0.29, 0.717) is 13.0 Å². The maximum absolute atomic E-state index is 12.6. The number of carbonyl (C=O) groups is 1. The summed E-state index contributed by atoms with van der Waals surface area (Å²) in [6.07, 6.45) is 2.12. The van der Waals surface area contributed by atoms with Crippen LogP contribution < -0.4 is 0 Å². The Morgan fingerprint density at radius 3 is 3.04 bits per heavy atom. The van der Waals surface area contributed by atoms with Gasteiger partial charge in [0.1, 0.15) is 11.7 Å². The number of fused-ring (bicyclic) bond motifs is 1. The molecule has 1 aliphatic carbocycles. The van der Waals surface area contributed by atoms with E-state index >= 15 is 0 Å². The second-order valence-electron chi connectivity index (χ2n) is 6.53. The first-order chi connectivity index (χ1) is 11.0. The zero-order valence-corrected chi connectivity index (χ0v) is 12.9. The number of benzene rings is 1. The van der Waals surface area contributed by atoms with E-state index in [1.165, 1.54) is 0 Å². The third-order valence-electron chi connectivity index (χ3n) is 4.85. The van der Waals surface area contributed by atoms with Gasteiger partial charge < -0.3 is 9.88 Å². The Morgan fingerprint density at radius 1 is 1.48 bits per heavy atom. The highest BCUT2D eigenvalue weighted by atomic mass is 16.6. The van der Waals surface area contributed by atoms with E-state index in [-0.39, 0.29) is 16.9 Å². The highest BCUT2D eigenvalue weighted by Gasteiger charge is 2.55. The molecule has 2 fully saturated rings. The van der Waals surface area contributed by atoms with Crippen LogP contribution in [0.4, 0.5) is 0 Å². The van der Waals surface area contributed by atoms with Crippen molar-refractivity contribution in [2.45, 2.75) is 38.3 Å². The monoisotopic (exact) mass is 314 g/mol. The van der Waals surface area contributed by atoms with Gasteiger partial charge in [0.25, 0.3) is 0 Å². The number of hydrogen-bond donors (Lipinski definition) is 1. The number of aryl methyl sites for hydroxylation is 1. The maximum atomic E-state index is 12.6. The molecule has 2 aliphatic rings. The number of nitrogens with zero attached hydrogens (tertiary/aromatic N) is 3. The number of likely N-dealkylation sites (tertiary alicyclic amines) is 1. The van der Waals surface area contributed by atoms with Crippen LogP contribution in [0.15, 0.2) is 18.2 Å². The number of H-pyrrole nitrogens is 1. The summed E-state index contributed by atoms with van der Waals surface area (Å²) in [5.74, 6) is 0.248. The van der Waals surface area contributed by atoms with Crippen LogP contribution in [-0.4, -0.2) is 38.3 Å². The van der Waals surface area contributed by atoms with Crippen molar-refractivity contribution in [1.29, 1.82) is 0 Å². The number of aromatic amines is 1. The van der Waals surface area contributed by atoms with E-state index in [9.17, 15) is 14.9 Å². The number of nitrogens with one attached hydrogen (secondary N) is 1. The molecule has 7 nitrogen and oxygen atoms in total. The predicted molar refractivity (Wildman–Crippen MR) is 83.4 cm³/mol. The zero-order valence-electron chi connectivity index (χ0n) is 12.9. The van der Waals surface area contributed by atoms with Gasteiger partial charge in [-0.1, -0.05) is 6.07 Å². The zero-order chi connectivity index (χ0) is 16.1. The van der Waals surface area contributed by atoms with Crippen LogP contribution in [0.25, 0.3) is 11.0 Å². The summed E-state index contributed by atoms with van der Waals surface area (Å²) in [5.41, 5.74) is 3.01. The molecule has 1 amide bonds. The highest BCUT2D eigenvalue weighted by molar-refractivity contribution is 5.83. The quantitative estimate of drug-likeness (QED) is 0.694. The van der Waals surface area contributed by atoms with E-state index in [4.69, 9.17) is 0 Å². The van der Waals surface area contributed by atoms with Crippen molar-refractivity contribution < 1.29 is 9.72 Å². The average molecular weight is 314 g/mol. The number of carbonyl (C=O) groups excluding carboxylic acids is 1. The van der Waals surface area contributed by atoms with Gasteiger partial charge in [-0.3, -0.25) is 14.9 Å². The van der Waals surface area contributed by atoms with E-state index in [1.807, 2.05) is 25.1 Å². The number of aromatic nitrogens is 2. The van der Waals surface area contributed by atoms with Gasteiger partial charge in [0.15, 0.2) is 0 Å². The van der Waals surface area contributed by atoms with Gasteiger partial charge in [0, 0.05) is 17.9 Å². The van der Waals surface area contributed by atoms with E-state index in [1.54, 1.807) is 4.90 Å². The van der Waals surface area contributed by atoms with Crippen molar-refractivity contribution in [3.05, 3.63) is 39.7 Å². The molecule has 1 aromatic carbocycles. The molecule has 1 aliphatic heterocycles. The number of amides is 1. The Labute approximate surface area is 132 Å². The van der Waals surface area contributed by atoms with Crippen molar-refractivity contribution in [2.75, 3.05) is 6.54 Å². The molecule has 0 radical (unpaired) electrons. The first-order valence-electron chi connectivity index (χ1n) is 7.95. The van der Waals surface area contributed by atoms with Crippen LogP contribution in [0.5, 0.6) is 0 Å². The lowest BCUT2D eigenvalue weighted by atomic mass is 10.2. The van der Waals surface area contributed by atoms with Crippen molar-refractivity contribution in [3.63, 3.8) is 0 Å². The molecular weight excluding hydrogens is 296 g/mol. The van der Waals surface area contributed by atoms with Gasteiger partial charge in [0.2, 0.25) is 11.9 Å². The first-order valence-corrected chi connectivity index (χ1v) is 7.95. The number of imidazole rings is 1. The average Bonchev–Trinajstić information content (AvgIpc) is 2.99. The summed E-state index contributed by atoms with van der Waals surface area (Å²) in [6.45, 7) is 2.68. The predicted octanol–water partition coefficient (Wildman–Crippen LogP) is 2.20. The van der Waals surface area contributed by atoms with Crippen LogP contribution in [0.2, 0.25) is 0 Å². The Morgan fingerprint density at radius 2 is 2.30 bits per heavy atom. The van der Waals surface area contributed by atoms with Crippen LogP contribution in [-0.2, 0) is 4.79 Å². The maximum Gasteiger partial charge on any atom is 0.233 e. The lowest BCUT2D eigenvalue weighted by Gasteiger charge is -2.22. The third kappa shape index (κ3) is 2.36. The minimum atomic E-state index is -0.693.